The van der Waals surface area contributed by atoms with Crippen LogP contribution in [0, 0.1) is 0 Å². The Morgan fingerprint density at radius 2 is 2.05 bits per heavy atom. The van der Waals surface area contributed by atoms with Gasteiger partial charge in [0.15, 0.2) is 0 Å². The van der Waals surface area contributed by atoms with Crippen LogP contribution in [0.5, 0.6) is 0 Å². The number of nitrogens with two attached hydrogens (primary N) is 1. The van der Waals surface area contributed by atoms with Crippen molar-refractivity contribution in [2.45, 2.75) is 38.6 Å². The molecule has 1 heterocycles. The summed E-state index contributed by atoms with van der Waals surface area (Å²) in [5, 5.41) is 6.52. The molecule has 116 valence electrons. The van der Waals surface area contributed by atoms with Gasteiger partial charge in [-0.1, -0.05) is 12.8 Å². The molecule has 21 heavy (non-hydrogen) atoms. The summed E-state index contributed by atoms with van der Waals surface area (Å²) in [7, 11) is 1.54. The number of esters is 1. The highest BCUT2D eigenvalue weighted by molar-refractivity contribution is 7.19. The van der Waals surface area contributed by atoms with Gasteiger partial charge in [-0.3, -0.25) is 4.79 Å². The molecule has 1 aromatic heterocycles. The number of nitrogen functional groups attached to an aromatic ring is 1. The van der Waals surface area contributed by atoms with Gasteiger partial charge in [-0.05, 0) is 19.8 Å². The van der Waals surface area contributed by atoms with Gasteiger partial charge in [0.1, 0.15) is 15.4 Å². The summed E-state index contributed by atoms with van der Waals surface area (Å²) >= 11 is 1.21. The third-order valence-corrected chi connectivity index (χ3v) is 4.68. The van der Waals surface area contributed by atoms with E-state index in [9.17, 15) is 9.59 Å². The van der Waals surface area contributed by atoms with E-state index in [2.05, 4.69) is 10.6 Å². The van der Waals surface area contributed by atoms with Crippen molar-refractivity contribution in [1.82, 2.24) is 5.32 Å². The molecule has 0 saturated heterocycles. The second-order valence-corrected chi connectivity index (χ2v) is 5.99. The van der Waals surface area contributed by atoms with Crippen molar-refractivity contribution in [3.8, 4) is 0 Å². The molecule has 0 atom stereocenters. The first-order valence-corrected chi connectivity index (χ1v) is 7.98. The molecule has 1 aromatic rings. The number of hydrogen-bond acceptors (Lipinski definition) is 6. The van der Waals surface area contributed by atoms with Crippen LogP contribution in [-0.2, 0) is 4.74 Å². The second kappa shape index (κ2) is 6.80. The van der Waals surface area contributed by atoms with Gasteiger partial charge in [0.25, 0.3) is 5.91 Å². The Kier molecular flexibility index (Phi) is 5.06. The lowest BCUT2D eigenvalue weighted by Gasteiger charge is -2.13. The first-order valence-electron chi connectivity index (χ1n) is 7.16. The molecule has 6 nitrogen and oxygen atoms in total. The number of carbonyl (C=O) groups is 2. The Labute approximate surface area is 128 Å². The molecule has 1 aliphatic rings. The largest absolute Gasteiger partial charge is 0.462 e. The molecule has 1 fully saturated rings. The fraction of sp³-hybridized carbons (Fsp3) is 0.571. The first-order chi connectivity index (χ1) is 10.1. The molecule has 0 unspecified atom stereocenters. The Morgan fingerprint density at radius 1 is 1.38 bits per heavy atom. The third kappa shape index (κ3) is 3.29. The van der Waals surface area contributed by atoms with Crippen LogP contribution in [0.15, 0.2) is 0 Å². The van der Waals surface area contributed by atoms with Crippen molar-refractivity contribution in [1.29, 1.82) is 0 Å². The van der Waals surface area contributed by atoms with E-state index in [0.717, 1.165) is 12.8 Å². The first kappa shape index (κ1) is 15.6. The van der Waals surface area contributed by atoms with Gasteiger partial charge in [-0.2, -0.15) is 0 Å². The third-order valence-electron chi connectivity index (χ3n) is 3.55. The van der Waals surface area contributed by atoms with Gasteiger partial charge >= 0.3 is 5.97 Å². The normalized spacial score (nSPS) is 15.0. The highest BCUT2D eigenvalue weighted by Gasteiger charge is 2.28. The molecule has 2 rings (SSSR count). The maximum atomic E-state index is 12.1. The van der Waals surface area contributed by atoms with Crippen LogP contribution in [0.3, 0.4) is 0 Å². The van der Waals surface area contributed by atoms with Gasteiger partial charge < -0.3 is 21.1 Å². The monoisotopic (exact) mass is 311 g/mol. The minimum atomic E-state index is -0.484. The number of amides is 1. The zero-order valence-electron chi connectivity index (χ0n) is 12.3. The summed E-state index contributed by atoms with van der Waals surface area (Å²) in [6.07, 6.45) is 4.48. The molecule has 4 N–H and O–H groups in total. The molecule has 0 radical (unpaired) electrons. The molecular formula is C14H21N3O3S. The van der Waals surface area contributed by atoms with E-state index < -0.39 is 5.97 Å². The van der Waals surface area contributed by atoms with E-state index in [1.165, 1.54) is 31.2 Å². The predicted molar refractivity (Wildman–Crippen MR) is 84.0 cm³/mol. The molecule has 0 spiro atoms. The van der Waals surface area contributed by atoms with E-state index in [0.29, 0.717) is 15.9 Å². The number of carbonyl (C=O) groups excluding carboxylic acids is 2. The molecular weight excluding hydrogens is 290 g/mol. The van der Waals surface area contributed by atoms with E-state index in [1.54, 1.807) is 6.92 Å². The number of hydrogen-bond donors (Lipinski definition) is 3. The van der Waals surface area contributed by atoms with Crippen LogP contribution in [0.1, 0.15) is 52.6 Å². The Hall–Kier alpha value is -1.76. The maximum Gasteiger partial charge on any atom is 0.343 e. The topological polar surface area (TPSA) is 93.4 Å². The minimum absolute atomic E-state index is 0.193. The number of anilines is 2. The molecule has 1 saturated carbocycles. The van der Waals surface area contributed by atoms with Gasteiger partial charge in [0.2, 0.25) is 0 Å². The van der Waals surface area contributed by atoms with Crippen LogP contribution in [0.4, 0.5) is 10.7 Å². The smallest absolute Gasteiger partial charge is 0.343 e. The summed E-state index contributed by atoms with van der Waals surface area (Å²) in [6.45, 7) is 2.01. The molecule has 1 aliphatic carbocycles. The number of rotatable bonds is 5. The van der Waals surface area contributed by atoms with Crippen molar-refractivity contribution >= 4 is 33.9 Å². The summed E-state index contributed by atoms with van der Waals surface area (Å²) < 4.78 is 5.06. The van der Waals surface area contributed by atoms with Gasteiger partial charge in [-0.15, -0.1) is 11.3 Å². The van der Waals surface area contributed by atoms with Gasteiger partial charge in [-0.25, -0.2) is 4.79 Å². The molecule has 0 bridgehead atoms. The second-order valence-electron chi connectivity index (χ2n) is 4.97. The lowest BCUT2D eigenvalue weighted by Crippen LogP contribution is -2.18. The number of thiophene rings is 1. The van der Waals surface area contributed by atoms with Crippen LogP contribution < -0.4 is 16.4 Å². The summed E-state index contributed by atoms with van der Waals surface area (Å²) in [6, 6.07) is 0.328. The fourth-order valence-electron chi connectivity index (χ4n) is 2.49. The van der Waals surface area contributed by atoms with Crippen LogP contribution >= 0.6 is 11.3 Å². The maximum absolute atomic E-state index is 12.1. The lowest BCUT2D eigenvalue weighted by atomic mass is 10.2. The van der Waals surface area contributed by atoms with Crippen LogP contribution in [0.25, 0.3) is 0 Å². The Balaban J connectivity index is 2.35. The van der Waals surface area contributed by atoms with Crippen molar-refractivity contribution in [3.05, 3.63) is 10.4 Å². The number of nitrogens with one attached hydrogen (secondary N) is 2. The van der Waals surface area contributed by atoms with E-state index in [1.807, 2.05) is 0 Å². The van der Waals surface area contributed by atoms with Crippen molar-refractivity contribution in [2.75, 3.05) is 24.7 Å². The Morgan fingerprint density at radius 3 is 2.62 bits per heavy atom. The van der Waals surface area contributed by atoms with Crippen molar-refractivity contribution in [2.24, 2.45) is 0 Å². The zero-order valence-corrected chi connectivity index (χ0v) is 13.1. The zero-order chi connectivity index (χ0) is 15.4. The van der Waals surface area contributed by atoms with Crippen LogP contribution in [0.2, 0.25) is 0 Å². The quantitative estimate of drug-likeness (QED) is 0.725. The average Bonchev–Trinajstić information content (AvgIpc) is 3.07. The summed E-state index contributed by atoms with van der Waals surface area (Å²) in [5.74, 6) is -0.774. The van der Waals surface area contributed by atoms with E-state index in [4.69, 9.17) is 10.5 Å². The van der Waals surface area contributed by atoms with Gasteiger partial charge in [0, 0.05) is 13.1 Å². The molecule has 1 amide bonds. The molecule has 7 heteroatoms. The number of ether oxygens (including phenoxy) is 1. The van der Waals surface area contributed by atoms with E-state index in [-0.39, 0.29) is 23.8 Å². The molecule has 0 aliphatic heterocycles. The van der Waals surface area contributed by atoms with Gasteiger partial charge in [0.05, 0.1) is 12.3 Å². The standard InChI is InChI=1S/C14H21N3O3S/c1-3-20-14(19)9-10(15)11(12(18)16-2)21-13(9)17-8-6-4-5-7-8/h8,17H,3-7,15H2,1-2H3,(H,16,18). The summed E-state index contributed by atoms with van der Waals surface area (Å²) in [4.78, 5) is 24.3. The van der Waals surface area contributed by atoms with E-state index >= 15 is 0 Å². The van der Waals surface area contributed by atoms with Crippen molar-refractivity contribution in [3.63, 3.8) is 0 Å². The summed E-state index contributed by atoms with van der Waals surface area (Å²) in [5.41, 5.74) is 6.47. The SMILES string of the molecule is CCOC(=O)c1c(NC2CCCC2)sc(C(=O)NC)c1N. The highest BCUT2D eigenvalue weighted by atomic mass is 32.1. The molecule has 0 aromatic carbocycles. The predicted octanol–water partition coefficient (Wildman–Crippen LogP) is 2.22. The lowest BCUT2D eigenvalue weighted by molar-refractivity contribution is 0.0529. The average molecular weight is 311 g/mol. The minimum Gasteiger partial charge on any atom is -0.462 e. The Bertz CT molecular complexity index is 536. The van der Waals surface area contributed by atoms with Crippen LogP contribution in [-0.4, -0.2) is 31.6 Å². The van der Waals surface area contributed by atoms with Crippen molar-refractivity contribution < 1.29 is 14.3 Å². The highest BCUT2D eigenvalue weighted by Crippen LogP contribution is 2.38. The fourth-order valence-corrected chi connectivity index (χ4v) is 3.62.